The van der Waals surface area contributed by atoms with Crippen LogP contribution < -0.4 is 0 Å². The molecule has 1 aliphatic carbocycles. The van der Waals surface area contributed by atoms with Crippen molar-refractivity contribution in [3.8, 4) is 0 Å². The molecule has 2 rings (SSSR count). The highest BCUT2D eigenvalue weighted by Gasteiger charge is 2.35. The number of carbonyl (C=O) groups is 1. The van der Waals surface area contributed by atoms with E-state index >= 15 is 0 Å². The van der Waals surface area contributed by atoms with Crippen LogP contribution in [-0.4, -0.2) is 18.5 Å². The van der Waals surface area contributed by atoms with Gasteiger partial charge in [0.15, 0.2) is 0 Å². The summed E-state index contributed by atoms with van der Waals surface area (Å²) in [4.78, 5) is 11.2. The van der Waals surface area contributed by atoms with Gasteiger partial charge in [0.2, 0.25) is 0 Å². The average Bonchev–Trinajstić information content (AvgIpc) is 2.66. The van der Waals surface area contributed by atoms with E-state index in [4.69, 9.17) is 4.74 Å². The Morgan fingerprint density at radius 2 is 2.25 bits per heavy atom. The molecule has 1 aliphatic heterocycles. The monoisotopic (exact) mass is 168 g/mol. The topological polar surface area (TPSA) is 29.6 Å². The van der Waals surface area contributed by atoms with Crippen LogP contribution >= 0.6 is 0 Å². The molecular weight excluding hydrogens is 152 g/mol. The van der Waals surface area contributed by atoms with Crippen LogP contribution in [0.15, 0.2) is 0 Å². The van der Waals surface area contributed by atoms with Crippen molar-refractivity contribution in [3.05, 3.63) is 0 Å². The number of carbonyl (C=O) groups excluding carboxylic acids is 1. The van der Waals surface area contributed by atoms with Crippen molar-refractivity contribution >= 4 is 5.78 Å². The van der Waals surface area contributed by atoms with Crippen LogP contribution in [0.5, 0.6) is 0 Å². The fraction of sp³-hybridized carbons (Fsp3) is 0.900. The maximum absolute atomic E-state index is 11.2. The third kappa shape index (κ3) is 1.69. The van der Waals surface area contributed by atoms with Crippen LogP contribution in [0.3, 0.4) is 0 Å². The van der Waals surface area contributed by atoms with Gasteiger partial charge in [-0.3, -0.25) is 4.79 Å². The van der Waals surface area contributed by atoms with Gasteiger partial charge in [-0.15, -0.1) is 0 Å². The van der Waals surface area contributed by atoms with Crippen LogP contribution in [0, 0.1) is 11.8 Å². The second kappa shape index (κ2) is 3.17. The Bertz CT molecular complexity index is 184. The Kier molecular flexibility index (Phi) is 2.18. The molecule has 1 saturated carbocycles. The van der Waals surface area contributed by atoms with Crippen molar-refractivity contribution in [2.45, 2.75) is 38.7 Å². The number of hydrogen-bond acceptors (Lipinski definition) is 2. The first-order valence-electron chi connectivity index (χ1n) is 4.89. The Labute approximate surface area is 73.3 Å². The molecule has 3 unspecified atom stereocenters. The van der Waals surface area contributed by atoms with E-state index in [1.54, 1.807) is 6.92 Å². The van der Waals surface area contributed by atoms with Crippen LogP contribution in [0.1, 0.15) is 32.6 Å². The first-order valence-corrected chi connectivity index (χ1v) is 4.89. The van der Waals surface area contributed by atoms with Gasteiger partial charge in [-0.2, -0.15) is 0 Å². The van der Waals surface area contributed by atoms with E-state index in [-0.39, 0.29) is 0 Å². The SMILES string of the molecule is CC(=O)C1CCCC1CC1CO1. The molecule has 0 N–H and O–H groups in total. The first kappa shape index (κ1) is 8.24. The third-order valence-electron chi connectivity index (χ3n) is 3.15. The predicted molar refractivity (Wildman–Crippen MR) is 45.9 cm³/mol. The molecule has 0 aromatic carbocycles. The highest BCUT2D eigenvalue weighted by atomic mass is 16.6. The van der Waals surface area contributed by atoms with E-state index in [2.05, 4.69) is 0 Å². The van der Waals surface area contributed by atoms with Gasteiger partial charge in [-0.1, -0.05) is 6.42 Å². The normalized spacial score (nSPS) is 39.9. The van der Waals surface area contributed by atoms with E-state index in [1.165, 1.54) is 12.8 Å². The van der Waals surface area contributed by atoms with Gasteiger partial charge >= 0.3 is 0 Å². The summed E-state index contributed by atoms with van der Waals surface area (Å²) in [5.41, 5.74) is 0. The summed E-state index contributed by atoms with van der Waals surface area (Å²) in [6.45, 7) is 2.66. The Morgan fingerprint density at radius 1 is 1.50 bits per heavy atom. The van der Waals surface area contributed by atoms with Gasteiger partial charge in [0.25, 0.3) is 0 Å². The van der Waals surface area contributed by atoms with Gasteiger partial charge in [0, 0.05) is 5.92 Å². The molecule has 0 spiro atoms. The van der Waals surface area contributed by atoms with Gasteiger partial charge in [-0.05, 0) is 32.1 Å². The maximum Gasteiger partial charge on any atom is 0.133 e. The summed E-state index contributed by atoms with van der Waals surface area (Å²) in [6.07, 6.45) is 5.22. The Morgan fingerprint density at radius 3 is 2.83 bits per heavy atom. The van der Waals surface area contributed by atoms with Gasteiger partial charge in [0.05, 0.1) is 12.7 Å². The summed E-state index contributed by atoms with van der Waals surface area (Å²) in [5.74, 6) is 1.38. The average molecular weight is 168 g/mol. The zero-order valence-corrected chi connectivity index (χ0v) is 7.58. The summed E-state index contributed by atoms with van der Waals surface area (Å²) >= 11 is 0. The summed E-state index contributed by atoms with van der Waals surface area (Å²) < 4.78 is 5.19. The zero-order chi connectivity index (χ0) is 8.55. The smallest absolute Gasteiger partial charge is 0.133 e. The van der Waals surface area contributed by atoms with Crippen molar-refractivity contribution in [1.29, 1.82) is 0 Å². The zero-order valence-electron chi connectivity index (χ0n) is 7.58. The lowest BCUT2D eigenvalue weighted by Gasteiger charge is -2.14. The van der Waals surface area contributed by atoms with Crippen molar-refractivity contribution < 1.29 is 9.53 Å². The quantitative estimate of drug-likeness (QED) is 0.601. The third-order valence-corrected chi connectivity index (χ3v) is 3.15. The molecule has 2 heteroatoms. The molecule has 1 saturated heterocycles. The molecule has 0 aromatic rings. The van der Waals surface area contributed by atoms with Crippen molar-refractivity contribution in [3.63, 3.8) is 0 Å². The minimum Gasteiger partial charge on any atom is -0.373 e. The summed E-state index contributed by atoms with van der Waals surface area (Å²) in [6, 6.07) is 0. The van der Waals surface area contributed by atoms with Crippen LogP contribution in [-0.2, 0) is 9.53 Å². The molecule has 2 aliphatic rings. The predicted octanol–water partition coefficient (Wildman–Crippen LogP) is 1.78. The first-order chi connectivity index (χ1) is 5.77. The minimum atomic E-state index is 0.356. The number of epoxide rings is 1. The highest BCUT2D eigenvalue weighted by molar-refractivity contribution is 5.78. The largest absolute Gasteiger partial charge is 0.373 e. The molecule has 0 amide bonds. The van der Waals surface area contributed by atoms with Gasteiger partial charge in [0.1, 0.15) is 5.78 Å². The Balaban J connectivity index is 1.88. The van der Waals surface area contributed by atoms with Crippen molar-refractivity contribution in [1.82, 2.24) is 0 Å². The molecule has 68 valence electrons. The maximum atomic E-state index is 11.2. The fourth-order valence-corrected chi connectivity index (χ4v) is 2.40. The lowest BCUT2D eigenvalue weighted by Crippen LogP contribution is -2.17. The number of Topliss-reactive ketones (excluding diaryl/α,β-unsaturated/α-hetero) is 1. The molecule has 3 atom stereocenters. The minimum absolute atomic E-state index is 0.356. The second-order valence-electron chi connectivity index (χ2n) is 4.10. The van der Waals surface area contributed by atoms with Gasteiger partial charge < -0.3 is 4.74 Å². The molecule has 0 bridgehead atoms. The van der Waals surface area contributed by atoms with Crippen molar-refractivity contribution in [2.75, 3.05) is 6.61 Å². The molecule has 2 fully saturated rings. The Hall–Kier alpha value is -0.370. The summed E-state index contributed by atoms with van der Waals surface area (Å²) in [5, 5.41) is 0. The molecular formula is C10H16O2. The molecule has 0 radical (unpaired) electrons. The molecule has 2 nitrogen and oxygen atoms in total. The number of hydrogen-bond donors (Lipinski definition) is 0. The van der Waals surface area contributed by atoms with Crippen LogP contribution in [0.4, 0.5) is 0 Å². The van der Waals surface area contributed by atoms with Crippen LogP contribution in [0.2, 0.25) is 0 Å². The molecule has 1 heterocycles. The lowest BCUT2D eigenvalue weighted by atomic mass is 9.89. The van der Waals surface area contributed by atoms with Crippen molar-refractivity contribution in [2.24, 2.45) is 11.8 Å². The van der Waals surface area contributed by atoms with Crippen LogP contribution in [0.25, 0.3) is 0 Å². The van der Waals surface area contributed by atoms with E-state index < -0.39 is 0 Å². The fourth-order valence-electron chi connectivity index (χ4n) is 2.40. The van der Waals surface area contributed by atoms with E-state index in [9.17, 15) is 4.79 Å². The van der Waals surface area contributed by atoms with E-state index in [0.717, 1.165) is 19.4 Å². The second-order valence-corrected chi connectivity index (χ2v) is 4.10. The lowest BCUT2D eigenvalue weighted by molar-refractivity contribution is -0.121. The molecule has 0 aromatic heterocycles. The summed E-state index contributed by atoms with van der Waals surface area (Å²) in [7, 11) is 0. The number of rotatable bonds is 3. The highest BCUT2D eigenvalue weighted by Crippen LogP contribution is 2.37. The van der Waals surface area contributed by atoms with E-state index in [0.29, 0.717) is 23.7 Å². The standard InChI is InChI=1S/C10H16O2/c1-7(11)10-4-2-3-8(10)5-9-6-12-9/h8-10H,2-6H2,1H3. The number of ketones is 1. The van der Waals surface area contributed by atoms with E-state index in [1.807, 2.05) is 0 Å². The number of ether oxygens (including phenoxy) is 1. The van der Waals surface area contributed by atoms with Gasteiger partial charge in [-0.25, -0.2) is 0 Å². The molecule has 12 heavy (non-hydrogen) atoms.